The van der Waals surface area contributed by atoms with E-state index in [4.69, 9.17) is 18.9 Å². The van der Waals surface area contributed by atoms with Crippen molar-refractivity contribution >= 4 is 22.5 Å². The molecule has 0 saturated carbocycles. The Hall–Kier alpha value is -3.29. The van der Waals surface area contributed by atoms with Gasteiger partial charge in [0, 0.05) is 25.6 Å². The molecule has 200 valence electrons. The number of hydrogen-bond acceptors (Lipinski definition) is 5. The van der Waals surface area contributed by atoms with E-state index < -0.39 is 0 Å². The van der Waals surface area contributed by atoms with Crippen molar-refractivity contribution in [2.75, 3.05) is 46.1 Å². The molecule has 3 rings (SSSR count). The number of rotatable bonds is 16. The lowest BCUT2D eigenvalue weighted by atomic mass is 10.1. The minimum absolute atomic E-state index is 0.143. The van der Waals surface area contributed by atoms with E-state index in [9.17, 15) is 4.79 Å². The molecule has 1 N–H and O–H groups in total. The summed E-state index contributed by atoms with van der Waals surface area (Å²) in [6.07, 6.45) is 5.66. The molecule has 0 aliphatic heterocycles. The van der Waals surface area contributed by atoms with Gasteiger partial charge in [0.15, 0.2) is 6.79 Å². The van der Waals surface area contributed by atoms with Crippen LogP contribution in [0.1, 0.15) is 44.6 Å². The molecular formula is C30H40N2O5. The summed E-state index contributed by atoms with van der Waals surface area (Å²) in [5.74, 6) is 1.39. The first kappa shape index (κ1) is 28.3. The van der Waals surface area contributed by atoms with Crippen molar-refractivity contribution < 1.29 is 23.7 Å². The third kappa shape index (κ3) is 8.95. The van der Waals surface area contributed by atoms with Crippen molar-refractivity contribution in [2.45, 2.75) is 45.6 Å². The summed E-state index contributed by atoms with van der Waals surface area (Å²) in [5.41, 5.74) is 1.70. The van der Waals surface area contributed by atoms with Gasteiger partial charge in [-0.05, 0) is 35.6 Å². The zero-order valence-corrected chi connectivity index (χ0v) is 22.3. The average Bonchev–Trinajstić information content (AvgIpc) is 2.92. The van der Waals surface area contributed by atoms with Crippen molar-refractivity contribution in [2.24, 2.45) is 0 Å². The molecule has 0 bridgehead atoms. The van der Waals surface area contributed by atoms with Gasteiger partial charge < -0.3 is 29.2 Å². The van der Waals surface area contributed by atoms with Crippen molar-refractivity contribution in [3.8, 4) is 11.5 Å². The lowest BCUT2D eigenvalue weighted by molar-refractivity contribution is -0.00847. The Kier molecular flexibility index (Phi) is 12.0. The van der Waals surface area contributed by atoms with E-state index in [2.05, 4.69) is 12.2 Å². The molecule has 7 nitrogen and oxygen atoms in total. The molecule has 7 heteroatoms. The standard InChI is InChI=1S/C30H40N2O5/c1-4-5-6-7-10-19-32(22-24-13-16-26(17-14-24)37-23-36-21-20-34-2)30(33)31-28-18-15-25-11-8-9-12-27(25)29(28)35-3/h8-9,11-18H,4-7,10,19-23H2,1-3H3,(H,31,33). The molecule has 0 aromatic heterocycles. The predicted molar refractivity (Wildman–Crippen MR) is 148 cm³/mol. The van der Waals surface area contributed by atoms with Crippen LogP contribution in [0.5, 0.6) is 11.5 Å². The van der Waals surface area contributed by atoms with Gasteiger partial charge in [0.2, 0.25) is 0 Å². The Morgan fingerprint density at radius 2 is 1.68 bits per heavy atom. The van der Waals surface area contributed by atoms with E-state index in [1.54, 1.807) is 14.2 Å². The molecule has 0 atom stereocenters. The van der Waals surface area contributed by atoms with Crippen molar-refractivity contribution in [1.29, 1.82) is 0 Å². The molecule has 0 fully saturated rings. The smallest absolute Gasteiger partial charge is 0.322 e. The van der Waals surface area contributed by atoms with E-state index in [1.165, 1.54) is 19.3 Å². The van der Waals surface area contributed by atoms with Gasteiger partial charge in [0.1, 0.15) is 11.5 Å². The summed E-state index contributed by atoms with van der Waals surface area (Å²) in [7, 11) is 3.27. The van der Waals surface area contributed by atoms with E-state index in [-0.39, 0.29) is 12.8 Å². The second-order valence-electron chi connectivity index (χ2n) is 8.94. The molecule has 0 aliphatic carbocycles. The van der Waals surface area contributed by atoms with E-state index in [0.717, 1.165) is 34.9 Å². The fourth-order valence-corrected chi connectivity index (χ4v) is 4.14. The first-order chi connectivity index (χ1) is 18.2. The number of carbonyl (C=O) groups excluding carboxylic acids is 1. The van der Waals surface area contributed by atoms with Crippen LogP contribution in [0.2, 0.25) is 0 Å². The largest absolute Gasteiger partial charge is 0.494 e. The second kappa shape index (κ2) is 15.7. The Morgan fingerprint density at radius 3 is 2.43 bits per heavy atom. The van der Waals surface area contributed by atoms with Crippen LogP contribution in [0.4, 0.5) is 10.5 Å². The van der Waals surface area contributed by atoms with Crippen LogP contribution in [0.3, 0.4) is 0 Å². The van der Waals surface area contributed by atoms with E-state index in [0.29, 0.717) is 37.7 Å². The number of nitrogens with zero attached hydrogens (tertiary/aromatic N) is 1. The molecule has 0 radical (unpaired) electrons. The number of methoxy groups -OCH3 is 2. The van der Waals surface area contributed by atoms with Gasteiger partial charge in [0.25, 0.3) is 0 Å². The highest BCUT2D eigenvalue weighted by molar-refractivity contribution is 5.99. The number of nitrogens with one attached hydrogen (secondary N) is 1. The summed E-state index contributed by atoms with van der Waals surface area (Å²) in [4.78, 5) is 15.3. The number of anilines is 1. The van der Waals surface area contributed by atoms with Gasteiger partial charge >= 0.3 is 6.03 Å². The van der Waals surface area contributed by atoms with Crippen LogP contribution in [-0.2, 0) is 16.0 Å². The van der Waals surface area contributed by atoms with Crippen LogP contribution in [0, 0.1) is 0 Å². The summed E-state index contributed by atoms with van der Waals surface area (Å²) in [6, 6.07) is 19.5. The zero-order chi connectivity index (χ0) is 26.3. The number of fused-ring (bicyclic) bond motifs is 1. The zero-order valence-electron chi connectivity index (χ0n) is 22.3. The summed E-state index contributed by atoms with van der Waals surface area (Å²) < 4.78 is 21.6. The average molecular weight is 509 g/mol. The maximum atomic E-state index is 13.4. The molecular weight excluding hydrogens is 468 g/mol. The van der Waals surface area contributed by atoms with Gasteiger partial charge in [-0.15, -0.1) is 0 Å². The topological polar surface area (TPSA) is 69.3 Å². The number of urea groups is 1. The number of unbranched alkanes of at least 4 members (excludes halogenated alkanes) is 4. The Bertz CT molecular complexity index is 1090. The number of hydrogen-bond donors (Lipinski definition) is 1. The normalized spacial score (nSPS) is 10.9. The van der Waals surface area contributed by atoms with Crippen LogP contribution in [-0.4, -0.2) is 51.7 Å². The van der Waals surface area contributed by atoms with Gasteiger partial charge in [-0.1, -0.05) is 75.1 Å². The highest BCUT2D eigenvalue weighted by atomic mass is 16.7. The summed E-state index contributed by atoms with van der Waals surface area (Å²) in [6.45, 7) is 4.57. The molecule has 0 heterocycles. The van der Waals surface area contributed by atoms with Crippen LogP contribution >= 0.6 is 0 Å². The maximum absolute atomic E-state index is 13.4. The maximum Gasteiger partial charge on any atom is 0.322 e. The van der Waals surface area contributed by atoms with Crippen LogP contribution in [0.15, 0.2) is 60.7 Å². The van der Waals surface area contributed by atoms with Gasteiger partial charge in [0.05, 0.1) is 26.0 Å². The molecule has 2 amide bonds. The molecule has 0 spiro atoms. The molecule has 37 heavy (non-hydrogen) atoms. The van der Waals surface area contributed by atoms with Crippen molar-refractivity contribution in [3.05, 3.63) is 66.2 Å². The fourth-order valence-electron chi connectivity index (χ4n) is 4.14. The van der Waals surface area contributed by atoms with Crippen LogP contribution < -0.4 is 14.8 Å². The molecule has 0 unspecified atom stereocenters. The third-order valence-electron chi connectivity index (χ3n) is 6.18. The van der Waals surface area contributed by atoms with Gasteiger partial charge in [-0.3, -0.25) is 0 Å². The molecule has 0 saturated heterocycles. The van der Waals surface area contributed by atoms with Crippen molar-refractivity contribution in [1.82, 2.24) is 4.90 Å². The second-order valence-corrected chi connectivity index (χ2v) is 8.94. The Labute approximate surface area is 220 Å². The monoisotopic (exact) mass is 508 g/mol. The number of ether oxygens (including phenoxy) is 4. The SMILES string of the molecule is CCCCCCCN(Cc1ccc(OCOCCOC)cc1)C(=O)Nc1ccc2ccccc2c1OC. The predicted octanol–water partition coefficient (Wildman–Crippen LogP) is 6.85. The Morgan fingerprint density at radius 1 is 0.892 bits per heavy atom. The number of amides is 2. The Balaban J connectivity index is 1.67. The minimum Gasteiger partial charge on any atom is -0.494 e. The molecule has 3 aromatic carbocycles. The first-order valence-electron chi connectivity index (χ1n) is 13.1. The lowest BCUT2D eigenvalue weighted by Gasteiger charge is -2.24. The lowest BCUT2D eigenvalue weighted by Crippen LogP contribution is -2.35. The molecule has 0 aliphatic rings. The first-order valence-corrected chi connectivity index (χ1v) is 13.1. The fraction of sp³-hybridized carbons (Fsp3) is 0.433. The van der Waals surface area contributed by atoms with Crippen LogP contribution in [0.25, 0.3) is 10.8 Å². The number of carbonyl (C=O) groups is 1. The third-order valence-corrected chi connectivity index (χ3v) is 6.18. The highest BCUT2D eigenvalue weighted by Crippen LogP contribution is 2.33. The highest BCUT2D eigenvalue weighted by Gasteiger charge is 2.17. The van der Waals surface area contributed by atoms with Gasteiger partial charge in [-0.2, -0.15) is 0 Å². The quantitative estimate of drug-likeness (QED) is 0.169. The minimum atomic E-state index is -0.143. The molecule has 3 aromatic rings. The van der Waals surface area contributed by atoms with E-state index >= 15 is 0 Å². The number of benzene rings is 3. The summed E-state index contributed by atoms with van der Waals surface area (Å²) in [5, 5.41) is 5.13. The van der Waals surface area contributed by atoms with E-state index in [1.807, 2.05) is 65.6 Å². The van der Waals surface area contributed by atoms with Crippen molar-refractivity contribution in [3.63, 3.8) is 0 Å². The summed E-state index contributed by atoms with van der Waals surface area (Å²) >= 11 is 0. The van der Waals surface area contributed by atoms with Gasteiger partial charge in [-0.25, -0.2) is 4.79 Å².